The minimum Gasteiger partial charge on any atom is -0.394 e. The Morgan fingerprint density at radius 2 is 2.24 bits per heavy atom. The van der Waals surface area contributed by atoms with Crippen molar-refractivity contribution in [1.29, 1.82) is 0 Å². The first-order chi connectivity index (χ1) is 10.3. The third-order valence-corrected chi connectivity index (χ3v) is 4.02. The number of aromatic nitrogens is 1. The fraction of sp³-hybridized carbons (Fsp3) is 0.375. The van der Waals surface area contributed by atoms with Crippen LogP contribution in [0.25, 0.3) is 10.9 Å². The van der Waals surface area contributed by atoms with Gasteiger partial charge in [0.05, 0.1) is 18.2 Å². The van der Waals surface area contributed by atoms with Crippen molar-refractivity contribution in [3.8, 4) is 0 Å². The summed E-state index contributed by atoms with van der Waals surface area (Å²) in [7, 11) is 0. The molecule has 1 fully saturated rings. The Morgan fingerprint density at radius 3 is 3.10 bits per heavy atom. The molecule has 2 amide bonds. The number of nitrogens with zero attached hydrogens (tertiary/aromatic N) is 2. The van der Waals surface area contributed by atoms with Gasteiger partial charge in [-0.05, 0) is 30.5 Å². The number of aliphatic hydroxyl groups is 1. The van der Waals surface area contributed by atoms with E-state index in [1.807, 2.05) is 30.3 Å². The zero-order chi connectivity index (χ0) is 14.7. The number of pyridine rings is 1. The minimum atomic E-state index is -0.104. The molecule has 0 saturated carbocycles. The molecule has 1 aliphatic rings. The van der Waals surface area contributed by atoms with E-state index in [0.717, 1.165) is 29.3 Å². The molecule has 1 saturated heterocycles. The van der Waals surface area contributed by atoms with E-state index in [4.69, 9.17) is 0 Å². The molecule has 2 N–H and O–H groups in total. The molecule has 110 valence electrons. The van der Waals surface area contributed by atoms with Crippen molar-refractivity contribution in [3.05, 3.63) is 42.1 Å². The molecular formula is C16H19N3O2. The summed E-state index contributed by atoms with van der Waals surface area (Å²) in [6, 6.07) is 9.67. The molecule has 21 heavy (non-hydrogen) atoms. The minimum absolute atomic E-state index is 0.0333. The Balaban J connectivity index is 1.70. The highest BCUT2D eigenvalue weighted by molar-refractivity contribution is 5.82. The van der Waals surface area contributed by atoms with Crippen molar-refractivity contribution in [2.45, 2.75) is 25.4 Å². The monoisotopic (exact) mass is 285 g/mol. The number of carbonyl (C=O) groups is 1. The van der Waals surface area contributed by atoms with Crippen LogP contribution in [0.15, 0.2) is 36.5 Å². The van der Waals surface area contributed by atoms with Crippen LogP contribution >= 0.6 is 0 Å². The summed E-state index contributed by atoms with van der Waals surface area (Å²) < 4.78 is 0. The lowest BCUT2D eigenvalue weighted by molar-refractivity contribution is 0.157. The first-order valence-electron chi connectivity index (χ1n) is 7.27. The molecule has 1 aliphatic heterocycles. The number of nitrogens with one attached hydrogen (secondary N) is 1. The van der Waals surface area contributed by atoms with E-state index in [0.29, 0.717) is 13.1 Å². The average Bonchev–Trinajstić information content (AvgIpc) is 3.01. The maximum atomic E-state index is 12.2. The lowest BCUT2D eigenvalue weighted by Crippen LogP contribution is -2.43. The largest absolute Gasteiger partial charge is 0.394 e. The number of urea groups is 1. The van der Waals surface area contributed by atoms with Gasteiger partial charge in [-0.25, -0.2) is 4.79 Å². The van der Waals surface area contributed by atoms with Crippen molar-refractivity contribution in [2.75, 3.05) is 13.2 Å². The first-order valence-corrected chi connectivity index (χ1v) is 7.27. The molecule has 1 aromatic carbocycles. The van der Waals surface area contributed by atoms with Crippen molar-refractivity contribution >= 4 is 16.9 Å². The van der Waals surface area contributed by atoms with Crippen LogP contribution in [0.1, 0.15) is 18.4 Å². The molecular weight excluding hydrogens is 266 g/mol. The van der Waals surface area contributed by atoms with Gasteiger partial charge in [0.15, 0.2) is 0 Å². The fourth-order valence-electron chi connectivity index (χ4n) is 2.87. The van der Waals surface area contributed by atoms with E-state index < -0.39 is 0 Å². The van der Waals surface area contributed by atoms with Gasteiger partial charge in [0.25, 0.3) is 0 Å². The summed E-state index contributed by atoms with van der Waals surface area (Å²) in [5.74, 6) is 0. The van der Waals surface area contributed by atoms with E-state index in [1.54, 1.807) is 11.1 Å². The number of carbonyl (C=O) groups excluding carboxylic acids is 1. The van der Waals surface area contributed by atoms with Crippen molar-refractivity contribution in [1.82, 2.24) is 15.2 Å². The summed E-state index contributed by atoms with van der Waals surface area (Å²) in [4.78, 5) is 18.3. The quantitative estimate of drug-likeness (QED) is 0.905. The van der Waals surface area contributed by atoms with Gasteiger partial charge in [-0.2, -0.15) is 0 Å². The van der Waals surface area contributed by atoms with Gasteiger partial charge in [0.1, 0.15) is 0 Å². The van der Waals surface area contributed by atoms with E-state index in [9.17, 15) is 9.90 Å². The lowest BCUT2D eigenvalue weighted by Gasteiger charge is -2.23. The number of aliphatic hydroxyl groups excluding tert-OH is 1. The van der Waals surface area contributed by atoms with Gasteiger partial charge in [0.2, 0.25) is 0 Å². The van der Waals surface area contributed by atoms with Crippen LogP contribution in [-0.4, -0.2) is 40.2 Å². The van der Waals surface area contributed by atoms with Gasteiger partial charge in [-0.1, -0.05) is 18.2 Å². The molecule has 0 unspecified atom stereocenters. The van der Waals surface area contributed by atoms with Crippen LogP contribution < -0.4 is 5.32 Å². The number of fused-ring (bicyclic) bond motifs is 1. The summed E-state index contributed by atoms with van der Waals surface area (Å²) in [6.07, 6.45) is 3.59. The molecule has 1 aromatic heterocycles. The number of benzene rings is 1. The SMILES string of the molecule is O=C(NCc1ccnc2ccccc12)N1CCC[C@H]1CO. The van der Waals surface area contributed by atoms with E-state index in [2.05, 4.69) is 10.3 Å². The second-order valence-electron chi connectivity index (χ2n) is 5.32. The van der Waals surface area contributed by atoms with E-state index in [-0.39, 0.29) is 18.7 Å². The predicted molar refractivity (Wildman–Crippen MR) is 80.8 cm³/mol. The summed E-state index contributed by atoms with van der Waals surface area (Å²) in [6.45, 7) is 1.22. The third-order valence-electron chi connectivity index (χ3n) is 4.02. The van der Waals surface area contributed by atoms with E-state index in [1.165, 1.54) is 0 Å². The van der Waals surface area contributed by atoms with Crippen LogP contribution in [0.3, 0.4) is 0 Å². The molecule has 2 aromatic rings. The molecule has 5 nitrogen and oxygen atoms in total. The highest BCUT2D eigenvalue weighted by atomic mass is 16.3. The maximum absolute atomic E-state index is 12.2. The van der Waals surface area contributed by atoms with Gasteiger partial charge >= 0.3 is 6.03 Å². The lowest BCUT2D eigenvalue weighted by atomic mass is 10.1. The zero-order valence-electron chi connectivity index (χ0n) is 11.8. The number of likely N-dealkylation sites (tertiary alicyclic amines) is 1. The van der Waals surface area contributed by atoms with Crippen LogP contribution in [0.5, 0.6) is 0 Å². The Kier molecular flexibility index (Phi) is 4.01. The fourth-order valence-corrected chi connectivity index (χ4v) is 2.87. The molecule has 5 heteroatoms. The second-order valence-corrected chi connectivity index (χ2v) is 5.32. The average molecular weight is 285 g/mol. The van der Waals surface area contributed by atoms with Gasteiger partial charge < -0.3 is 15.3 Å². The van der Waals surface area contributed by atoms with Crippen LogP contribution in [0.4, 0.5) is 4.79 Å². The van der Waals surface area contributed by atoms with Crippen LogP contribution in [-0.2, 0) is 6.54 Å². The van der Waals surface area contributed by atoms with Crippen LogP contribution in [0.2, 0.25) is 0 Å². The number of para-hydroxylation sites is 1. The molecule has 0 spiro atoms. The van der Waals surface area contributed by atoms with Gasteiger partial charge in [-0.3, -0.25) is 4.98 Å². The maximum Gasteiger partial charge on any atom is 0.317 e. The third kappa shape index (κ3) is 2.83. The number of amides is 2. The summed E-state index contributed by atoms with van der Waals surface area (Å²) >= 11 is 0. The Morgan fingerprint density at radius 1 is 1.38 bits per heavy atom. The molecule has 0 bridgehead atoms. The number of hydrogen-bond acceptors (Lipinski definition) is 3. The summed E-state index contributed by atoms with van der Waals surface area (Å²) in [5.41, 5.74) is 1.98. The first kappa shape index (κ1) is 13.8. The van der Waals surface area contributed by atoms with E-state index >= 15 is 0 Å². The normalized spacial score (nSPS) is 18.1. The topological polar surface area (TPSA) is 65.5 Å². The second kappa shape index (κ2) is 6.10. The standard InChI is InChI=1S/C16H19N3O2/c20-11-13-4-3-9-19(13)16(21)18-10-12-7-8-17-15-6-2-1-5-14(12)15/h1-2,5-8,13,20H,3-4,9-11H2,(H,18,21)/t13-/m0/s1. The summed E-state index contributed by atoms with van der Waals surface area (Å²) in [5, 5.41) is 13.3. The molecule has 1 atom stereocenters. The Labute approximate surface area is 123 Å². The smallest absolute Gasteiger partial charge is 0.317 e. The molecule has 3 rings (SSSR count). The van der Waals surface area contributed by atoms with Gasteiger partial charge in [-0.15, -0.1) is 0 Å². The number of hydrogen-bond donors (Lipinski definition) is 2. The highest BCUT2D eigenvalue weighted by Gasteiger charge is 2.27. The highest BCUT2D eigenvalue weighted by Crippen LogP contribution is 2.18. The predicted octanol–water partition coefficient (Wildman–Crippen LogP) is 1.90. The molecule has 0 aliphatic carbocycles. The van der Waals surface area contributed by atoms with Crippen molar-refractivity contribution < 1.29 is 9.90 Å². The molecule has 2 heterocycles. The molecule has 0 radical (unpaired) electrons. The number of rotatable bonds is 3. The van der Waals surface area contributed by atoms with Gasteiger partial charge in [0, 0.05) is 24.7 Å². The van der Waals surface area contributed by atoms with Crippen molar-refractivity contribution in [3.63, 3.8) is 0 Å². The van der Waals surface area contributed by atoms with Crippen molar-refractivity contribution in [2.24, 2.45) is 0 Å². The Hall–Kier alpha value is -2.14. The van der Waals surface area contributed by atoms with Crippen LogP contribution in [0, 0.1) is 0 Å². The zero-order valence-corrected chi connectivity index (χ0v) is 11.8. The Bertz CT molecular complexity index is 639.